The summed E-state index contributed by atoms with van der Waals surface area (Å²) in [7, 11) is -1.73. The van der Waals surface area contributed by atoms with E-state index in [1.54, 1.807) is 58.3 Å². The van der Waals surface area contributed by atoms with Crippen molar-refractivity contribution in [1.29, 1.82) is 0 Å². The molecule has 8 aromatic rings. The smallest absolute Gasteiger partial charge is 0.241 e. The molecule has 0 aliphatic carbocycles. The lowest BCUT2D eigenvalue weighted by molar-refractivity contribution is 0.354. The van der Waals surface area contributed by atoms with Gasteiger partial charge in [0.05, 0.1) is 50.3 Å². The van der Waals surface area contributed by atoms with Crippen LogP contribution < -0.4 is 28.4 Å². The van der Waals surface area contributed by atoms with E-state index in [0.29, 0.717) is 23.0 Å². The Bertz CT molecular complexity index is 2840. The molecular weight excluding hydrogens is 925 g/mol. The van der Waals surface area contributed by atoms with Crippen molar-refractivity contribution in [2.75, 3.05) is 41.0 Å². The molecule has 2 N–H and O–H groups in total. The lowest BCUT2D eigenvalue weighted by atomic mass is 10.1. The summed E-state index contributed by atoms with van der Waals surface area (Å²) in [6.07, 6.45) is 3.98. The van der Waals surface area contributed by atoms with Gasteiger partial charge in [0.2, 0.25) is 20.0 Å². The zero-order valence-corrected chi connectivity index (χ0v) is 40.6. The zero-order valence-electron chi connectivity index (χ0n) is 35.7. The van der Waals surface area contributed by atoms with Crippen molar-refractivity contribution >= 4 is 86.4 Å². The highest BCUT2D eigenvalue weighted by atomic mass is 32.2. The van der Waals surface area contributed by atoms with E-state index in [-0.39, 0.29) is 9.79 Å². The van der Waals surface area contributed by atoms with Crippen LogP contribution in [0.15, 0.2) is 165 Å². The van der Waals surface area contributed by atoms with Gasteiger partial charge in [0.25, 0.3) is 0 Å². The highest BCUT2D eigenvalue weighted by molar-refractivity contribution is 7.99. The molecule has 0 aliphatic heterocycles. The summed E-state index contributed by atoms with van der Waals surface area (Å²) in [5.74, 6) is 1.66. The number of ether oxygens (including phenoxy) is 4. The third kappa shape index (κ3) is 10.4. The summed E-state index contributed by atoms with van der Waals surface area (Å²) >= 11 is 6.36. The number of nitrogens with one attached hydrogen (secondary N) is 2. The number of fused-ring (bicyclic) bond motifs is 2. The molecule has 8 rings (SSSR count). The summed E-state index contributed by atoms with van der Waals surface area (Å²) in [6, 6.07) is 44.1. The maximum atomic E-state index is 13.5. The normalized spacial score (nSPS) is 12.6. The maximum Gasteiger partial charge on any atom is 0.241 e. The molecule has 0 saturated heterocycles. The molecule has 16 heteroatoms. The quantitative estimate of drug-likeness (QED) is 0.0903. The van der Waals surface area contributed by atoms with Gasteiger partial charge in [-0.3, -0.25) is 0 Å². The predicted molar refractivity (Wildman–Crippen MR) is 264 cm³/mol. The first-order valence-electron chi connectivity index (χ1n) is 19.6. The van der Waals surface area contributed by atoms with Crippen LogP contribution in [0.25, 0.3) is 20.2 Å². The van der Waals surface area contributed by atoms with E-state index < -0.39 is 32.1 Å². The Morgan fingerprint density at radius 1 is 0.453 bits per heavy atom. The van der Waals surface area contributed by atoms with Crippen LogP contribution in [0.1, 0.15) is 33.0 Å². The molecule has 10 nitrogen and oxygen atoms in total. The van der Waals surface area contributed by atoms with Gasteiger partial charge in [-0.1, -0.05) is 72.8 Å². The van der Waals surface area contributed by atoms with Crippen LogP contribution in [-0.2, 0) is 20.0 Å². The van der Waals surface area contributed by atoms with Crippen molar-refractivity contribution in [3.8, 4) is 23.0 Å². The lowest BCUT2D eigenvalue weighted by Gasteiger charge is -2.21. The van der Waals surface area contributed by atoms with Gasteiger partial charge in [0.1, 0.15) is 0 Å². The van der Waals surface area contributed by atoms with E-state index in [1.807, 2.05) is 110 Å². The highest BCUT2D eigenvalue weighted by Gasteiger charge is 2.29. The molecule has 332 valence electrons. The van der Waals surface area contributed by atoms with Gasteiger partial charge in [0, 0.05) is 41.1 Å². The third-order valence-electron chi connectivity index (χ3n) is 10.2. The van der Waals surface area contributed by atoms with Gasteiger partial charge in [-0.2, -0.15) is 9.44 Å². The molecule has 2 unspecified atom stereocenters. The minimum atomic E-state index is -3.86. The van der Waals surface area contributed by atoms with Gasteiger partial charge < -0.3 is 18.9 Å². The summed E-state index contributed by atoms with van der Waals surface area (Å²) < 4.78 is 83.1. The van der Waals surface area contributed by atoms with Crippen molar-refractivity contribution in [1.82, 2.24) is 9.44 Å². The summed E-state index contributed by atoms with van der Waals surface area (Å²) in [5.41, 5.74) is 1.83. The number of methoxy groups -OCH3 is 4. The summed E-state index contributed by atoms with van der Waals surface area (Å²) in [6.45, 7) is 0. The molecule has 64 heavy (non-hydrogen) atoms. The second-order valence-electron chi connectivity index (χ2n) is 14.0. The highest BCUT2D eigenvalue weighted by Crippen LogP contribution is 2.40. The van der Waals surface area contributed by atoms with Crippen LogP contribution in [0.5, 0.6) is 23.0 Å². The van der Waals surface area contributed by atoms with E-state index >= 15 is 0 Å². The van der Waals surface area contributed by atoms with Crippen LogP contribution >= 0.6 is 46.2 Å². The SMILES string of the molecule is COc1ccc(S(=O)(=O)NC(c2cc3ccccc3s2)c2ccccc2SC)cc1OC.COc1ccc(S(=O)(=O)NC(c2cc3ccccc3s2)c2ccccc2SC)cc1OC. The van der Waals surface area contributed by atoms with E-state index in [0.717, 1.165) is 50.8 Å². The number of thioether (sulfide) groups is 2. The standard InChI is InChI=1S/2C24H23NO4S3/c2*1-28-19-13-12-17(15-20(19)29-2)32(26,27)25-24(18-9-5-7-11-22(18)30-3)23-14-16-8-4-6-10-21(16)31-23/h2*4-15,24-25H,1-3H3. The van der Waals surface area contributed by atoms with E-state index in [4.69, 9.17) is 18.9 Å². The monoisotopic (exact) mass is 970 g/mol. The number of hydrogen-bond acceptors (Lipinski definition) is 12. The first-order chi connectivity index (χ1) is 30.9. The van der Waals surface area contributed by atoms with Gasteiger partial charge in [0.15, 0.2) is 23.0 Å². The van der Waals surface area contributed by atoms with Crippen molar-refractivity contribution in [2.45, 2.75) is 31.7 Å². The number of benzene rings is 6. The molecule has 0 amide bonds. The van der Waals surface area contributed by atoms with Crippen LogP contribution in [0.2, 0.25) is 0 Å². The van der Waals surface area contributed by atoms with Crippen molar-refractivity contribution in [3.05, 3.63) is 166 Å². The van der Waals surface area contributed by atoms with E-state index in [1.165, 1.54) is 52.7 Å². The molecule has 0 spiro atoms. The van der Waals surface area contributed by atoms with Crippen LogP contribution in [0.3, 0.4) is 0 Å². The maximum absolute atomic E-state index is 13.5. The first-order valence-corrected chi connectivity index (χ1v) is 26.7. The van der Waals surface area contributed by atoms with Crippen LogP contribution in [0, 0.1) is 0 Å². The predicted octanol–water partition coefficient (Wildman–Crippen LogP) is 11.4. The zero-order chi connectivity index (χ0) is 45.4. The first kappa shape index (κ1) is 46.9. The van der Waals surface area contributed by atoms with Gasteiger partial charge in [-0.15, -0.1) is 46.2 Å². The Morgan fingerprint density at radius 3 is 1.17 bits per heavy atom. The third-order valence-corrected chi connectivity index (χ3v) is 17.1. The van der Waals surface area contributed by atoms with Gasteiger partial charge >= 0.3 is 0 Å². The Kier molecular flexibility index (Phi) is 15.3. The van der Waals surface area contributed by atoms with E-state index in [2.05, 4.69) is 21.6 Å². The Hall–Kier alpha value is -5.04. The topological polar surface area (TPSA) is 129 Å². The van der Waals surface area contributed by atoms with Gasteiger partial charge in [-0.25, -0.2) is 16.8 Å². The molecule has 2 heterocycles. The average Bonchev–Trinajstić information content (AvgIpc) is 3.97. The molecule has 2 aromatic heterocycles. The van der Waals surface area contributed by atoms with Crippen LogP contribution in [-0.4, -0.2) is 57.8 Å². The minimum absolute atomic E-state index is 0.114. The average molecular weight is 971 g/mol. The Morgan fingerprint density at radius 2 is 0.812 bits per heavy atom. The molecule has 2 atom stereocenters. The number of sulfonamides is 2. The molecule has 0 fully saturated rings. The second kappa shape index (κ2) is 20.9. The fourth-order valence-corrected chi connectivity index (χ4v) is 13.2. The number of hydrogen-bond donors (Lipinski definition) is 2. The summed E-state index contributed by atoms with van der Waals surface area (Å²) in [4.78, 5) is 4.12. The number of thiophene rings is 2. The fraction of sp³-hybridized carbons (Fsp3) is 0.167. The molecule has 0 radical (unpaired) electrons. The van der Waals surface area contributed by atoms with Crippen molar-refractivity contribution in [3.63, 3.8) is 0 Å². The lowest BCUT2D eigenvalue weighted by Crippen LogP contribution is -2.29. The number of rotatable bonds is 16. The Balaban J connectivity index is 0.000000191. The summed E-state index contributed by atoms with van der Waals surface area (Å²) in [5, 5.41) is 2.17. The second-order valence-corrected chi connectivity index (χ2v) is 21.4. The molecule has 0 bridgehead atoms. The minimum Gasteiger partial charge on any atom is -0.493 e. The van der Waals surface area contributed by atoms with E-state index in [9.17, 15) is 16.8 Å². The largest absolute Gasteiger partial charge is 0.493 e. The molecule has 0 aliphatic rings. The van der Waals surface area contributed by atoms with Gasteiger partial charge in [-0.05, 0) is 95.1 Å². The molecule has 0 saturated carbocycles. The molecule has 6 aromatic carbocycles. The fourth-order valence-electron chi connectivity index (χ4n) is 7.06. The Labute approximate surface area is 391 Å². The van der Waals surface area contributed by atoms with Crippen molar-refractivity contribution < 1.29 is 35.8 Å². The molecular formula is C48H46N2O8S6. The van der Waals surface area contributed by atoms with Crippen molar-refractivity contribution in [2.24, 2.45) is 0 Å². The van der Waals surface area contributed by atoms with Crippen LogP contribution in [0.4, 0.5) is 0 Å².